The van der Waals surface area contributed by atoms with Gasteiger partial charge in [-0.1, -0.05) is 20.3 Å². The first-order chi connectivity index (χ1) is 9.54. The molecule has 0 N–H and O–H groups in total. The van der Waals surface area contributed by atoms with Crippen molar-refractivity contribution in [2.45, 2.75) is 53.0 Å². The standard InChI is InChI=1S/C16H25NO3/c1-4-20-15(18)8-6-5-7-10-17-11-9-14(12-17)16(19)13(2)3/h9,11-13H,4-8,10H2,1-3H3. The van der Waals surface area contributed by atoms with E-state index in [1.807, 2.05) is 43.8 Å². The van der Waals surface area contributed by atoms with E-state index in [0.717, 1.165) is 31.4 Å². The van der Waals surface area contributed by atoms with Crippen molar-refractivity contribution in [2.75, 3.05) is 6.61 Å². The van der Waals surface area contributed by atoms with Crippen LogP contribution in [0.4, 0.5) is 0 Å². The Morgan fingerprint density at radius 3 is 2.65 bits per heavy atom. The second kappa shape index (κ2) is 8.56. The quantitative estimate of drug-likeness (QED) is 0.395. The maximum Gasteiger partial charge on any atom is 0.305 e. The summed E-state index contributed by atoms with van der Waals surface area (Å²) in [5, 5.41) is 0. The molecule has 112 valence electrons. The highest BCUT2D eigenvalue weighted by Gasteiger charge is 2.11. The Labute approximate surface area is 121 Å². The molecule has 0 aliphatic heterocycles. The average Bonchev–Trinajstić information content (AvgIpc) is 2.86. The highest BCUT2D eigenvalue weighted by molar-refractivity contribution is 5.97. The molecule has 0 aromatic carbocycles. The highest BCUT2D eigenvalue weighted by atomic mass is 16.5. The summed E-state index contributed by atoms with van der Waals surface area (Å²) in [5.41, 5.74) is 0.784. The topological polar surface area (TPSA) is 48.3 Å². The third-order valence-corrected chi connectivity index (χ3v) is 3.16. The lowest BCUT2D eigenvalue weighted by Gasteiger charge is -2.04. The Kier molecular flexibility index (Phi) is 7.05. The Morgan fingerprint density at radius 1 is 1.25 bits per heavy atom. The van der Waals surface area contributed by atoms with Gasteiger partial charge in [-0.15, -0.1) is 0 Å². The molecule has 0 bridgehead atoms. The highest BCUT2D eigenvalue weighted by Crippen LogP contribution is 2.10. The fourth-order valence-corrected chi connectivity index (χ4v) is 2.03. The molecule has 0 aliphatic rings. The van der Waals surface area contributed by atoms with Crippen molar-refractivity contribution in [3.05, 3.63) is 24.0 Å². The number of esters is 1. The number of aromatic nitrogens is 1. The van der Waals surface area contributed by atoms with Crippen LogP contribution in [0.2, 0.25) is 0 Å². The van der Waals surface area contributed by atoms with Crippen LogP contribution in [0.5, 0.6) is 0 Å². The zero-order chi connectivity index (χ0) is 15.0. The molecule has 0 saturated carbocycles. The fourth-order valence-electron chi connectivity index (χ4n) is 2.03. The van der Waals surface area contributed by atoms with Gasteiger partial charge in [0.05, 0.1) is 6.61 Å². The maximum absolute atomic E-state index is 11.8. The van der Waals surface area contributed by atoms with Gasteiger partial charge < -0.3 is 9.30 Å². The second-order valence-electron chi connectivity index (χ2n) is 5.27. The molecule has 4 heteroatoms. The number of hydrogen-bond donors (Lipinski definition) is 0. The SMILES string of the molecule is CCOC(=O)CCCCCn1ccc(C(=O)C(C)C)c1. The predicted molar refractivity (Wildman–Crippen MR) is 78.7 cm³/mol. The molecule has 1 aromatic heterocycles. The normalized spacial score (nSPS) is 10.8. The molecule has 0 saturated heterocycles. The average molecular weight is 279 g/mol. The summed E-state index contributed by atoms with van der Waals surface area (Å²) in [7, 11) is 0. The summed E-state index contributed by atoms with van der Waals surface area (Å²) in [4.78, 5) is 23.0. The smallest absolute Gasteiger partial charge is 0.305 e. The lowest BCUT2D eigenvalue weighted by atomic mass is 10.0. The first kappa shape index (κ1) is 16.5. The van der Waals surface area contributed by atoms with Crippen LogP contribution >= 0.6 is 0 Å². The summed E-state index contributed by atoms with van der Waals surface area (Å²) in [6.45, 7) is 6.98. The Balaban J connectivity index is 2.23. The molecule has 1 heterocycles. The number of unbranched alkanes of at least 4 members (excludes halogenated alkanes) is 2. The summed E-state index contributed by atoms with van der Waals surface area (Å²) >= 11 is 0. The summed E-state index contributed by atoms with van der Waals surface area (Å²) in [6, 6.07) is 1.88. The molecule has 20 heavy (non-hydrogen) atoms. The van der Waals surface area contributed by atoms with E-state index in [2.05, 4.69) is 0 Å². The first-order valence-electron chi connectivity index (χ1n) is 7.40. The van der Waals surface area contributed by atoms with E-state index in [0.29, 0.717) is 13.0 Å². The van der Waals surface area contributed by atoms with Crippen molar-refractivity contribution in [1.82, 2.24) is 4.57 Å². The van der Waals surface area contributed by atoms with E-state index in [9.17, 15) is 9.59 Å². The predicted octanol–water partition coefficient (Wildman–Crippen LogP) is 3.45. The van der Waals surface area contributed by atoms with Crippen LogP contribution in [-0.4, -0.2) is 22.9 Å². The third kappa shape index (κ3) is 5.59. The van der Waals surface area contributed by atoms with Crippen LogP contribution in [0.1, 0.15) is 56.8 Å². The Hall–Kier alpha value is -1.58. The molecular weight excluding hydrogens is 254 g/mol. The van der Waals surface area contributed by atoms with Gasteiger partial charge in [0, 0.05) is 36.8 Å². The van der Waals surface area contributed by atoms with Crippen LogP contribution in [0, 0.1) is 5.92 Å². The Morgan fingerprint density at radius 2 is 2.00 bits per heavy atom. The number of hydrogen-bond acceptors (Lipinski definition) is 3. The molecule has 0 spiro atoms. The van der Waals surface area contributed by atoms with E-state index >= 15 is 0 Å². The van der Waals surface area contributed by atoms with Crippen LogP contribution in [0.15, 0.2) is 18.5 Å². The molecule has 0 fully saturated rings. The van der Waals surface area contributed by atoms with Gasteiger partial charge in [0.25, 0.3) is 0 Å². The number of aryl methyl sites for hydroxylation is 1. The van der Waals surface area contributed by atoms with Crippen molar-refractivity contribution in [3.63, 3.8) is 0 Å². The summed E-state index contributed by atoms with van der Waals surface area (Å²) in [6.07, 6.45) is 7.21. The minimum Gasteiger partial charge on any atom is -0.466 e. The van der Waals surface area contributed by atoms with Crippen molar-refractivity contribution in [2.24, 2.45) is 5.92 Å². The van der Waals surface area contributed by atoms with Gasteiger partial charge in [-0.3, -0.25) is 9.59 Å². The third-order valence-electron chi connectivity index (χ3n) is 3.16. The van der Waals surface area contributed by atoms with E-state index in [-0.39, 0.29) is 17.7 Å². The van der Waals surface area contributed by atoms with Crippen LogP contribution in [0.25, 0.3) is 0 Å². The largest absolute Gasteiger partial charge is 0.466 e. The van der Waals surface area contributed by atoms with Gasteiger partial charge in [-0.2, -0.15) is 0 Å². The zero-order valence-electron chi connectivity index (χ0n) is 12.7. The van der Waals surface area contributed by atoms with Crippen LogP contribution in [0.3, 0.4) is 0 Å². The molecule has 0 atom stereocenters. The molecule has 0 aliphatic carbocycles. The monoisotopic (exact) mass is 279 g/mol. The van der Waals surface area contributed by atoms with Crippen molar-refractivity contribution in [1.29, 1.82) is 0 Å². The molecule has 1 rings (SSSR count). The second-order valence-corrected chi connectivity index (χ2v) is 5.27. The summed E-state index contributed by atoms with van der Waals surface area (Å²) < 4.78 is 6.92. The van der Waals surface area contributed by atoms with Crippen LogP contribution < -0.4 is 0 Å². The van der Waals surface area contributed by atoms with Gasteiger partial charge in [-0.05, 0) is 25.8 Å². The molecule has 4 nitrogen and oxygen atoms in total. The van der Waals surface area contributed by atoms with Crippen LogP contribution in [-0.2, 0) is 16.1 Å². The van der Waals surface area contributed by atoms with Gasteiger partial charge in [0.2, 0.25) is 0 Å². The Bertz CT molecular complexity index is 435. The number of nitrogens with zero attached hydrogens (tertiary/aromatic N) is 1. The molecule has 1 aromatic rings. The number of carbonyl (C=O) groups excluding carboxylic acids is 2. The van der Waals surface area contributed by atoms with Crippen molar-refractivity contribution < 1.29 is 14.3 Å². The minimum atomic E-state index is -0.113. The number of Topliss-reactive ketones (excluding diaryl/α,β-unsaturated/α-hetero) is 1. The van der Waals surface area contributed by atoms with Gasteiger partial charge >= 0.3 is 5.97 Å². The molecule has 0 amide bonds. The van der Waals surface area contributed by atoms with Gasteiger partial charge in [0.1, 0.15) is 0 Å². The number of carbonyl (C=O) groups is 2. The lowest BCUT2D eigenvalue weighted by molar-refractivity contribution is -0.143. The maximum atomic E-state index is 11.8. The van der Waals surface area contributed by atoms with E-state index in [1.54, 1.807) is 0 Å². The molecule has 0 radical (unpaired) electrons. The lowest BCUT2D eigenvalue weighted by Crippen LogP contribution is -2.06. The number of ketones is 1. The summed E-state index contributed by atoms with van der Waals surface area (Å²) in [5.74, 6) is 0.111. The van der Waals surface area contributed by atoms with E-state index in [4.69, 9.17) is 4.74 Å². The van der Waals surface area contributed by atoms with Gasteiger partial charge in [0.15, 0.2) is 5.78 Å². The van der Waals surface area contributed by atoms with Crippen molar-refractivity contribution >= 4 is 11.8 Å². The first-order valence-corrected chi connectivity index (χ1v) is 7.40. The van der Waals surface area contributed by atoms with E-state index in [1.165, 1.54) is 0 Å². The molecular formula is C16H25NO3. The minimum absolute atomic E-state index is 0.0374. The zero-order valence-corrected chi connectivity index (χ0v) is 12.7. The van der Waals surface area contributed by atoms with Crippen molar-refractivity contribution in [3.8, 4) is 0 Å². The number of rotatable bonds is 9. The van der Waals surface area contributed by atoms with E-state index < -0.39 is 0 Å². The number of ether oxygens (including phenoxy) is 1. The molecule has 0 unspecified atom stereocenters. The fraction of sp³-hybridized carbons (Fsp3) is 0.625. The van der Waals surface area contributed by atoms with Gasteiger partial charge in [-0.25, -0.2) is 0 Å².